The molecule has 0 radical (unpaired) electrons. The quantitative estimate of drug-likeness (QED) is 0.744. The molecule has 2 aliphatic rings. The van der Waals surface area contributed by atoms with Crippen LogP contribution in [0, 0.1) is 5.92 Å². The van der Waals surface area contributed by atoms with Crippen LogP contribution in [-0.2, 0) is 0 Å². The molecule has 0 spiro atoms. The third-order valence-electron chi connectivity index (χ3n) is 5.22. The van der Waals surface area contributed by atoms with Gasteiger partial charge in [-0.3, -0.25) is 0 Å². The Morgan fingerprint density at radius 3 is 2.57 bits per heavy atom. The molecule has 134 valence electrons. The predicted molar refractivity (Wildman–Crippen MR) is 95.8 cm³/mol. The number of amides is 2. The molecule has 23 heavy (non-hydrogen) atoms. The Bertz CT molecular complexity index is 344. The molecule has 2 saturated heterocycles. The van der Waals surface area contributed by atoms with E-state index in [4.69, 9.17) is 0 Å². The Morgan fingerprint density at radius 1 is 1.13 bits per heavy atom. The Morgan fingerprint density at radius 2 is 1.87 bits per heavy atom. The van der Waals surface area contributed by atoms with E-state index in [1.165, 1.54) is 51.9 Å². The Kier molecular flexibility index (Phi) is 8.17. The van der Waals surface area contributed by atoms with Gasteiger partial charge >= 0.3 is 6.03 Å². The lowest BCUT2D eigenvalue weighted by atomic mass is 10.0. The summed E-state index contributed by atoms with van der Waals surface area (Å²) >= 11 is 0. The number of urea groups is 1. The Labute approximate surface area is 142 Å². The van der Waals surface area contributed by atoms with Crippen molar-refractivity contribution in [3.63, 3.8) is 0 Å². The number of nitrogens with one attached hydrogen (secondary N) is 1. The second-order valence-corrected chi connectivity index (χ2v) is 7.26. The first-order valence-electron chi connectivity index (χ1n) is 9.66. The summed E-state index contributed by atoms with van der Waals surface area (Å²) in [4.78, 5) is 19.2. The zero-order valence-corrected chi connectivity index (χ0v) is 15.2. The van der Waals surface area contributed by atoms with Gasteiger partial charge in [0.2, 0.25) is 0 Å². The van der Waals surface area contributed by atoms with E-state index in [-0.39, 0.29) is 6.03 Å². The fourth-order valence-corrected chi connectivity index (χ4v) is 3.82. The molecule has 0 saturated carbocycles. The molecule has 2 heterocycles. The smallest absolute Gasteiger partial charge is 0.317 e. The van der Waals surface area contributed by atoms with Crippen LogP contribution >= 0.6 is 0 Å². The summed E-state index contributed by atoms with van der Waals surface area (Å²) in [6, 6.07) is 0.110. The lowest BCUT2D eigenvalue weighted by Gasteiger charge is -2.31. The van der Waals surface area contributed by atoms with E-state index in [9.17, 15) is 4.79 Å². The maximum Gasteiger partial charge on any atom is 0.317 e. The van der Waals surface area contributed by atoms with Gasteiger partial charge in [0.25, 0.3) is 0 Å². The van der Waals surface area contributed by atoms with Gasteiger partial charge in [-0.2, -0.15) is 0 Å². The summed E-state index contributed by atoms with van der Waals surface area (Å²) in [5.74, 6) is 0.803. The second-order valence-electron chi connectivity index (χ2n) is 7.26. The Hall–Kier alpha value is -0.810. The standard InChI is InChI=1S/C18H36N4O/c1-3-22(14-7-13-20-10-4-5-11-20)18(23)19-9-15-21-12-6-8-17(2)16-21/h17H,3-16H2,1-2H3,(H,19,23)/t17-/m0/s1. The number of hydrogen-bond acceptors (Lipinski definition) is 3. The average molecular weight is 325 g/mol. The van der Waals surface area contributed by atoms with Crippen molar-refractivity contribution in [1.29, 1.82) is 0 Å². The molecule has 0 unspecified atom stereocenters. The van der Waals surface area contributed by atoms with Crippen molar-refractivity contribution >= 4 is 6.03 Å². The minimum atomic E-state index is 0.110. The summed E-state index contributed by atoms with van der Waals surface area (Å²) in [5, 5.41) is 3.11. The molecule has 2 fully saturated rings. The molecule has 2 aliphatic heterocycles. The molecule has 0 aliphatic carbocycles. The number of piperidine rings is 1. The SMILES string of the molecule is CCN(CCCN1CCCC1)C(=O)NCCN1CCC[C@H](C)C1. The monoisotopic (exact) mass is 324 g/mol. The largest absolute Gasteiger partial charge is 0.337 e. The van der Waals surface area contributed by atoms with Crippen LogP contribution in [0.4, 0.5) is 4.79 Å². The fraction of sp³-hybridized carbons (Fsp3) is 0.944. The normalized spacial score (nSPS) is 23.1. The Balaban J connectivity index is 1.57. The van der Waals surface area contributed by atoms with Crippen molar-refractivity contribution in [2.24, 2.45) is 5.92 Å². The number of rotatable bonds is 8. The summed E-state index contributed by atoms with van der Waals surface area (Å²) in [6.45, 7) is 13.8. The average Bonchev–Trinajstić information content (AvgIpc) is 3.05. The van der Waals surface area contributed by atoms with Gasteiger partial charge in [-0.05, 0) is 71.1 Å². The number of likely N-dealkylation sites (tertiary alicyclic amines) is 2. The number of carbonyl (C=O) groups is 1. The topological polar surface area (TPSA) is 38.8 Å². The van der Waals surface area contributed by atoms with Gasteiger partial charge in [-0.15, -0.1) is 0 Å². The van der Waals surface area contributed by atoms with Crippen LogP contribution in [0.3, 0.4) is 0 Å². The van der Waals surface area contributed by atoms with Gasteiger partial charge in [-0.25, -0.2) is 4.79 Å². The summed E-state index contributed by atoms with van der Waals surface area (Å²) in [5.41, 5.74) is 0. The maximum absolute atomic E-state index is 12.3. The highest BCUT2D eigenvalue weighted by Gasteiger charge is 2.17. The van der Waals surface area contributed by atoms with Gasteiger partial charge in [0, 0.05) is 32.7 Å². The molecule has 0 aromatic heterocycles. The molecule has 0 bridgehead atoms. The van der Waals surface area contributed by atoms with Crippen molar-refractivity contribution in [2.45, 2.75) is 46.0 Å². The highest BCUT2D eigenvalue weighted by molar-refractivity contribution is 5.74. The van der Waals surface area contributed by atoms with Crippen molar-refractivity contribution in [3.05, 3.63) is 0 Å². The van der Waals surface area contributed by atoms with E-state index >= 15 is 0 Å². The van der Waals surface area contributed by atoms with E-state index in [1.54, 1.807) is 0 Å². The first-order chi connectivity index (χ1) is 11.2. The molecular weight excluding hydrogens is 288 g/mol. The first kappa shape index (κ1) is 18.5. The minimum absolute atomic E-state index is 0.110. The van der Waals surface area contributed by atoms with Crippen LogP contribution < -0.4 is 5.32 Å². The minimum Gasteiger partial charge on any atom is -0.337 e. The molecule has 0 aromatic carbocycles. The molecular formula is C18H36N4O. The fourth-order valence-electron chi connectivity index (χ4n) is 3.82. The number of carbonyl (C=O) groups excluding carboxylic acids is 1. The van der Waals surface area contributed by atoms with Gasteiger partial charge in [0.15, 0.2) is 0 Å². The first-order valence-corrected chi connectivity index (χ1v) is 9.66. The molecule has 2 amide bonds. The van der Waals surface area contributed by atoms with Crippen LogP contribution in [-0.4, -0.2) is 79.6 Å². The number of nitrogens with zero attached hydrogens (tertiary/aromatic N) is 3. The highest BCUT2D eigenvalue weighted by atomic mass is 16.2. The zero-order chi connectivity index (χ0) is 16.5. The van der Waals surface area contributed by atoms with E-state index in [0.717, 1.165) is 45.1 Å². The van der Waals surface area contributed by atoms with E-state index in [1.807, 2.05) is 4.90 Å². The van der Waals surface area contributed by atoms with Gasteiger partial charge in [-0.1, -0.05) is 6.92 Å². The molecule has 1 N–H and O–H groups in total. The molecule has 5 nitrogen and oxygen atoms in total. The van der Waals surface area contributed by atoms with Gasteiger partial charge in [0.1, 0.15) is 0 Å². The summed E-state index contributed by atoms with van der Waals surface area (Å²) in [6.07, 6.45) is 6.42. The second kappa shape index (κ2) is 10.1. The lowest BCUT2D eigenvalue weighted by Crippen LogP contribution is -2.45. The maximum atomic E-state index is 12.3. The summed E-state index contributed by atoms with van der Waals surface area (Å²) in [7, 11) is 0. The van der Waals surface area contributed by atoms with Crippen LogP contribution in [0.1, 0.15) is 46.0 Å². The predicted octanol–water partition coefficient (Wildman–Crippen LogP) is 2.24. The number of hydrogen-bond donors (Lipinski definition) is 1. The molecule has 1 atom stereocenters. The lowest BCUT2D eigenvalue weighted by molar-refractivity contribution is 0.176. The van der Waals surface area contributed by atoms with Crippen LogP contribution in [0.2, 0.25) is 0 Å². The van der Waals surface area contributed by atoms with Crippen molar-refractivity contribution < 1.29 is 4.79 Å². The third-order valence-corrected chi connectivity index (χ3v) is 5.22. The molecule has 0 aromatic rings. The third kappa shape index (κ3) is 6.68. The van der Waals surface area contributed by atoms with Crippen LogP contribution in [0.15, 0.2) is 0 Å². The summed E-state index contributed by atoms with van der Waals surface area (Å²) < 4.78 is 0. The van der Waals surface area contributed by atoms with E-state index < -0.39 is 0 Å². The zero-order valence-electron chi connectivity index (χ0n) is 15.2. The molecule has 2 rings (SSSR count). The highest BCUT2D eigenvalue weighted by Crippen LogP contribution is 2.14. The van der Waals surface area contributed by atoms with Crippen molar-refractivity contribution in [2.75, 3.05) is 58.9 Å². The van der Waals surface area contributed by atoms with Crippen molar-refractivity contribution in [1.82, 2.24) is 20.0 Å². The van der Waals surface area contributed by atoms with Crippen LogP contribution in [0.25, 0.3) is 0 Å². The van der Waals surface area contributed by atoms with E-state index in [0.29, 0.717) is 0 Å². The van der Waals surface area contributed by atoms with E-state index in [2.05, 4.69) is 29.0 Å². The van der Waals surface area contributed by atoms with Crippen LogP contribution in [0.5, 0.6) is 0 Å². The van der Waals surface area contributed by atoms with Gasteiger partial charge in [0.05, 0.1) is 0 Å². The van der Waals surface area contributed by atoms with Gasteiger partial charge < -0.3 is 20.0 Å². The molecule has 5 heteroatoms. The van der Waals surface area contributed by atoms with Crippen molar-refractivity contribution in [3.8, 4) is 0 Å².